The molecule has 3 rings (SSSR count). The third-order valence-corrected chi connectivity index (χ3v) is 4.35. The predicted octanol–water partition coefficient (Wildman–Crippen LogP) is 3.67. The van der Waals surface area contributed by atoms with Gasteiger partial charge in [-0.05, 0) is 29.8 Å². The lowest BCUT2D eigenvalue weighted by molar-refractivity contribution is -0.141. The lowest BCUT2D eigenvalue weighted by Crippen LogP contribution is -2.49. The number of carbonyl (C=O) groups is 3. The number of nitrogens with zero attached hydrogens (tertiary/aromatic N) is 1. The Morgan fingerprint density at radius 3 is 1.46 bits per heavy atom. The number of rotatable bonds is 6. The number of benzene rings is 3. The maximum Gasteiger partial charge on any atom is 0.327 e. The molecule has 0 aromatic heterocycles. The molecule has 5 heteroatoms. The molecule has 3 aromatic carbocycles. The SMILES string of the molecule is O=C(O)C(Cc1ccccc1)N(C(=O)c1ccccc1)C(=O)c1ccccc1. The van der Waals surface area contributed by atoms with E-state index in [-0.39, 0.29) is 17.5 Å². The summed E-state index contributed by atoms with van der Waals surface area (Å²) in [6.45, 7) is 0. The zero-order valence-electron chi connectivity index (χ0n) is 15.1. The molecule has 0 saturated heterocycles. The van der Waals surface area contributed by atoms with Gasteiger partial charge in [0.1, 0.15) is 6.04 Å². The van der Waals surface area contributed by atoms with Crippen molar-refractivity contribution in [2.75, 3.05) is 0 Å². The van der Waals surface area contributed by atoms with Crippen molar-refractivity contribution in [1.29, 1.82) is 0 Å². The van der Waals surface area contributed by atoms with Crippen LogP contribution < -0.4 is 0 Å². The average molecular weight is 373 g/mol. The third-order valence-electron chi connectivity index (χ3n) is 4.35. The Kier molecular flexibility index (Phi) is 5.97. The molecule has 0 radical (unpaired) electrons. The van der Waals surface area contributed by atoms with Crippen LogP contribution in [0, 0.1) is 0 Å². The van der Waals surface area contributed by atoms with Crippen LogP contribution in [0.3, 0.4) is 0 Å². The lowest BCUT2D eigenvalue weighted by Gasteiger charge is -2.27. The summed E-state index contributed by atoms with van der Waals surface area (Å²) >= 11 is 0. The third kappa shape index (κ3) is 4.32. The molecule has 3 aromatic rings. The Morgan fingerprint density at radius 1 is 0.679 bits per heavy atom. The molecule has 1 N–H and O–H groups in total. The number of hydrogen-bond acceptors (Lipinski definition) is 3. The van der Waals surface area contributed by atoms with Crippen LogP contribution in [0.2, 0.25) is 0 Å². The molecule has 0 aliphatic heterocycles. The normalized spacial score (nSPS) is 11.4. The van der Waals surface area contributed by atoms with Gasteiger partial charge in [-0.15, -0.1) is 0 Å². The van der Waals surface area contributed by atoms with Crippen LogP contribution in [0.1, 0.15) is 26.3 Å². The Morgan fingerprint density at radius 2 is 1.07 bits per heavy atom. The minimum atomic E-state index is -1.33. The Balaban J connectivity index is 2.04. The molecule has 0 aliphatic rings. The van der Waals surface area contributed by atoms with Gasteiger partial charge in [0.05, 0.1) is 0 Å². The van der Waals surface area contributed by atoms with E-state index in [0.717, 1.165) is 10.5 Å². The van der Waals surface area contributed by atoms with Crippen LogP contribution in [0.25, 0.3) is 0 Å². The largest absolute Gasteiger partial charge is 0.480 e. The molecule has 0 fully saturated rings. The van der Waals surface area contributed by atoms with Crippen molar-refractivity contribution in [3.05, 3.63) is 108 Å². The topological polar surface area (TPSA) is 74.7 Å². The van der Waals surface area contributed by atoms with E-state index >= 15 is 0 Å². The van der Waals surface area contributed by atoms with Crippen molar-refractivity contribution in [2.45, 2.75) is 12.5 Å². The highest BCUT2D eigenvalue weighted by Crippen LogP contribution is 2.17. The summed E-state index contributed by atoms with van der Waals surface area (Å²) in [4.78, 5) is 39.2. The molecule has 5 nitrogen and oxygen atoms in total. The van der Waals surface area contributed by atoms with E-state index in [4.69, 9.17) is 0 Å². The first kappa shape index (κ1) is 19.0. The van der Waals surface area contributed by atoms with Crippen molar-refractivity contribution in [3.63, 3.8) is 0 Å². The highest BCUT2D eigenvalue weighted by Gasteiger charge is 2.36. The fourth-order valence-electron chi connectivity index (χ4n) is 2.94. The van der Waals surface area contributed by atoms with E-state index in [1.165, 1.54) is 0 Å². The zero-order chi connectivity index (χ0) is 19.9. The maximum absolute atomic E-state index is 13.1. The van der Waals surface area contributed by atoms with Crippen molar-refractivity contribution in [2.24, 2.45) is 0 Å². The molecule has 1 unspecified atom stereocenters. The smallest absolute Gasteiger partial charge is 0.327 e. The van der Waals surface area contributed by atoms with E-state index < -0.39 is 23.8 Å². The predicted molar refractivity (Wildman–Crippen MR) is 105 cm³/mol. The van der Waals surface area contributed by atoms with Gasteiger partial charge < -0.3 is 5.11 Å². The molecule has 0 spiro atoms. The van der Waals surface area contributed by atoms with Crippen molar-refractivity contribution >= 4 is 17.8 Å². The molecule has 140 valence electrons. The second-order valence-corrected chi connectivity index (χ2v) is 6.26. The van der Waals surface area contributed by atoms with Crippen molar-refractivity contribution < 1.29 is 19.5 Å². The number of aliphatic carboxylic acids is 1. The lowest BCUT2D eigenvalue weighted by atomic mass is 10.0. The first-order valence-corrected chi connectivity index (χ1v) is 8.82. The number of hydrogen-bond donors (Lipinski definition) is 1. The molecular formula is C23H19NO4. The number of carboxylic acid groups (broad SMARTS) is 1. The van der Waals surface area contributed by atoms with Gasteiger partial charge in [0, 0.05) is 17.5 Å². The summed E-state index contributed by atoms with van der Waals surface area (Å²) in [5.74, 6) is -2.52. The van der Waals surface area contributed by atoms with Crippen LogP contribution in [-0.4, -0.2) is 33.8 Å². The van der Waals surface area contributed by atoms with Crippen molar-refractivity contribution in [3.8, 4) is 0 Å². The monoisotopic (exact) mass is 373 g/mol. The molecule has 0 saturated carbocycles. The van der Waals surface area contributed by atoms with Gasteiger partial charge in [-0.25, -0.2) is 4.79 Å². The number of carboxylic acids is 1. The number of imide groups is 1. The summed E-state index contributed by atoms with van der Waals surface area (Å²) in [7, 11) is 0. The highest BCUT2D eigenvalue weighted by molar-refractivity contribution is 6.12. The number of amides is 2. The minimum absolute atomic E-state index is 0.0212. The summed E-state index contributed by atoms with van der Waals surface area (Å²) in [5, 5.41) is 9.85. The van der Waals surface area contributed by atoms with Gasteiger partial charge in [0.2, 0.25) is 0 Å². The van der Waals surface area contributed by atoms with Crippen LogP contribution in [-0.2, 0) is 11.2 Å². The fraction of sp³-hybridized carbons (Fsp3) is 0.0870. The zero-order valence-corrected chi connectivity index (χ0v) is 15.1. The fourth-order valence-corrected chi connectivity index (χ4v) is 2.94. The van der Waals surface area contributed by atoms with Gasteiger partial charge in [-0.3, -0.25) is 14.5 Å². The van der Waals surface area contributed by atoms with E-state index in [1.54, 1.807) is 84.9 Å². The van der Waals surface area contributed by atoms with Crippen LogP contribution in [0.5, 0.6) is 0 Å². The first-order chi connectivity index (χ1) is 13.6. The molecule has 0 bridgehead atoms. The van der Waals surface area contributed by atoms with Crippen LogP contribution in [0.4, 0.5) is 0 Å². The second-order valence-electron chi connectivity index (χ2n) is 6.26. The van der Waals surface area contributed by atoms with E-state index in [9.17, 15) is 19.5 Å². The molecule has 0 heterocycles. The summed E-state index contributed by atoms with van der Waals surface area (Å²) in [6, 6.07) is 24.1. The van der Waals surface area contributed by atoms with Crippen molar-refractivity contribution in [1.82, 2.24) is 4.90 Å². The van der Waals surface area contributed by atoms with Gasteiger partial charge in [-0.2, -0.15) is 0 Å². The minimum Gasteiger partial charge on any atom is -0.480 e. The Hall–Kier alpha value is -3.73. The molecule has 2 amide bonds. The highest BCUT2D eigenvalue weighted by atomic mass is 16.4. The summed E-state index contributed by atoms with van der Waals surface area (Å²) < 4.78 is 0. The Labute approximate surface area is 162 Å². The van der Waals surface area contributed by atoms with Crippen LogP contribution >= 0.6 is 0 Å². The molecule has 1 atom stereocenters. The number of carbonyl (C=O) groups excluding carboxylic acids is 2. The summed E-state index contributed by atoms with van der Waals surface area (Å²) in [5.41, 5.74) is 1.24. The average Bonchev–Trinajstić information content (AvgIpc) is 2.75. The standard InChI is InChI=1S/C23H19NO4/c25-21(18-12-6-2-7-13-18)24(22(26)19-14-8-3-9-15-19)20(23(27)28)16-17-10-4-1-5-11-17/h1-15,20H,16H2,(H,27,28). The van der Waals surface area contributed by atoms with Crippen LogP contribution in [0.15, 0.2) is 91.0 Å². The van der Waals surface area contributed by atoms with Gasteiger partial charge >= 0.3 is 5.97 Å². The van der Waals surface area contributed by atoms with Gasteiger partial charge in [0.25, 0.3) is 11.8 Å². The molecule has 0 aliphatic carbocycles. The quantitative estimate of drug-likeness (QED) is 0.669. The van der Waals surface area contributed by atoms with E-state index in [1.807, 2.05) is 6.07 Å². The molecule has 28 heavy (non-hydrogen) atoms. The van der Waals surface area contributed by atoms with Gasteiger partial charge in [0.15, 0.2) is 0 Å². The maximum atomic E-state index is 13.1. The second kappa shape index (κ2) is 8.77. The Bertz CT molecular complexity index is 904. The van der Waals surface area contributed by atoms with E-state index in [2.05, 4.69) is 0 Å². The summed E-state index contributed by atoms with van der Waals surface area (Å²) in [6.07, 6.45) is 0.0212. The molecular weight excluding hydrogens is 354 g/mol. The van der Waals surface area contributed by atoms with E-state index in [0.29, 0.717) is 0 Å². The first-order valence-electron chi connectivity index (χ1n) is 8.82. The van der Waals surface area contributed by atoms with Gasteiger partial charge in [-0.1, -0.05) is 66.7 Å².